The highest BCUT2D eigenvalue weighted by molar-refractivity contribution is 6.08. The molecule has 1 aromatic heterocycles. The third kappa shape index (κ3) is 5.27. The molecule has 33 heavy (non-hydrogen) atoms. The Morgan fingerprint density at radius 1 is 0.939 bits per heavy atom. The summed E-state index contributed by atoms with van der Waals surface area (Å²) in [5, 5.41) is 5.57. The Bertz CT molecular complexity index is 1280. The summed E-state index contributed by atoms with van der Waals surface area (Å²) in [5.41, 5.74) is 3.01. The number of anilines is 2. The number of ether oxygens (including phenoxy) is 1. The molecule has 0 aliphatic carbocycles. The number of nitrogens with one attached hydrogen (secondary N) is 2. The zero-order valence-corrected chi connectivity index (χ0v) is 18.3. The van der Waals surface area contributed by atoms with E-state index in [9.17, 15) is 9.59 Å². The summed E-state index contributed by atoms with van der Waals surface area (Å²) < 4.78 is 11.5. The van der Waals surface area contributed by atoms with Crippen LogP contribution in [0.25, 0.3) is 22.8 Å². The molecular formula is C26H23N3O4. The van der Waals surface area contributed by atoms with Gasteiger partial charge in [0.1, 0.15) is 5.75 Å². The molecule has 0 spiro atoms. The Balaban J connectivity index is 1.57. The van der Waals surface area contributed by atoms with Gasteiger partial charge in [-0.3, -0.25) is 9.59 Å². The van der Waals surface area contributed by atoms with Gasteiger partial charge in [0.15, 0.2) is 5.76 Å². The number of aromatic nitrogens is 1. The second-order valence-electron chi connectivity index (χ2n) is 7.25. The van der Waals surface area contributed by atoms with E-state index in [-0.39, 0.29) is 11.8 Å². The number of amides is 2. The first-order chi connectivity index (χ1) is 16.0. The molecule has 166 valence electrons. The molecule has 0 unspecified atom stereocenters. The van der Waals surface area contributed by atoms with Crippen LogP contribution in [0, 0.1) is 0 Å². The molecule has 0 aliphatic rings. The Morgan fingerprint density at radius 3 is 2.39 bits per heavy atom. The summed E-state index contributed by atoms with van der Waals surface area (Å²) in [6.07, 6.45) is 1.64. The minimum atomic E-state index is -0.314. The van der Waals surface area contributed by atoms with Crippen LogP contribution in [-0.4, -0.2) is 23.4 Å². The molecule has 0 atom stereocenters. The summed E-state index contributed by atoms with van der Waals surface area (Å²) in [4.78, 5) is 28.7. The zero-order valence-electron chi connectivity index (χ0n) is 18.3. The first kappa shape index (κ1) is 21.8. The largest absolute Gasteiger partial charge is 0.494 e. The Labute approximate surface area is 191 Å². The van der Waals surface area contributed by atoms with Gasteiger partial charge in [-0.25, -0.2) is 4.98 Å². The van der Waals surface area contributed by atoms with Gasteiger partial charge in [0.25, 0.3) is 5.91 Å². The molecule has 1 heterocycles. The van der Waals surface area contributed by atoms with Crippen molar-refractivity contribution in [1.82, 2.24) is 4.98 Å². The number of hydrogen-bond donors (Lipinski definition) is 2. The lowest BCUT2D eigenvalue weighted by molar-refractivity contribution is -0.114. The van der Waals surface area contributed by atoms with Crippen LogP contribution in [0.4, 0.5) is 11.4 Å². The number of rotatable bonds is 7. The van der Waals surface area contributed by atoms with Gasteiger partial charge in [-0.05, 0) is 61.5 Å². The highest BCUT2D eigenvalue weighted by atomic mass is 16.5. The fourth-order valence-electron chi connectivity index (χ4n) is 3.36. The van der Waals surface area contributed by atoms with Crippen molar-refractivity contribution < 1.29 is 18.7 Å². The fraction of sp³-hybridized carbons (Fsp3) is 0.115. The predicted octanol–water partition coefficient (Wildman–Crippen LogP) is 5.62. The van der Waals surface area contributed by atoms with E-state index < -0.39 is 0 Å². The molecule has 4 rings (SSSR count). The summed E-state index contributed by atoms with van der Waals surface area (Å²) in [6.45, 7) is 3.96. The van der Waals surface area contributed by atoms with Crippen LogP contribution >= 0.6 is 0 Å². The van der Waals surface area contributed by atoms with Crippen molar-refractivity contribution in [1.29, 1.82) is 0 Å². The molecule has 2 N–H and O–H groups in total. The zero-order chi connectivity index (χ0) is 23.2. The Morgan fingerprint density at radius 2 is 1.67 bits per heavy atom. The summed E-state index contributed by atoms with van der Waals surface area (Å²) >= 11 is 0. The van der Waals surface area contributed by atoms with Crippen molar-refractivity contribution in [3.05, 3.63) is 84.6 Å². The van der Waals surface area contributed by atoms with Crippen LogP contribution in [-0.2, 0) is 4.79 Å². The SMILES string of the molecule is CCOc1ccc(-c2cnc(-c3ccccc3C(=O)Nc3cccc(NC(C)=O)c3)o2)cc1. The maximum Gasteiger partial charge on any atom is 0.256 e. The van der Waals surface area contributed by atoms with Gasteiger partial charge in [-0.2, -0.15) is 0 Å². The van der Waals surface area contributed by atoms with E-state index in [1.54, 1.807) is 48.7 Å². The Hall–Kier alpha value is -4.39. The summed E-state index contributed by atoms with van der Waals surface area (Å²) in [6, 6.07) is 21.6. The predicted molar refractivity (Wildman–Crippen MR) is 127 cm³/mol. The van der Waals surface area contributed by atoms with Crippen molar-refractivity contribution in [2.75, 3.05) is 17.2 Å². The summed E-state index contributed by atoms with van der Waals surface area (Å²) in [7, 11) is 0. The number of carbonyl (C=O) groups is 2. The first-order valence-electron chi connectivity index (χ1n) is 10.5. The van der Waals surface area contributed by atoms with Gasteiger partial charge in [0.2, 0.25) is 11.8 Å². The van der Waals surface area contributed by atoms with E-state index >= 15 is 0 Å². The maximum absolute atomic E-state index is 13.0. The Kier molecular flexibility index (Phi) is 6.50. The van der Waals surface area contributed by atoms with E-state index in [1.807, 2.05) is 37.3 Å². The van der Waals surface area contributed by atoms with Gasteiger partial charge in [-0.1, -0.05) is 18.2 Å². The molecule has 0 aliphatic heterocycles. The van der Waals surface area contributed by atoms with Crippen LogP contribution in [0.3, 0.4) is 0 Å². The normalized spacial score (nSPS) is 10.5. The van der Waals surface area contributed by atoms with Crippen LogP contribution in [0.5, 0.6) is 5.75 Å². The molecule has 0 saturated carbocycles. The average molecular weight is 441 g/mol. The lowest BCUT2D eigenvalue weighted by atomic mass is 10.1. The smallest absolute Gasteiger partial charge is 0.256 e. The number of hydrogen-bond acceptors (Lipinski definition) is 5. The molecule has 7 heteroatoms. The molecule has 0 fully saturated rings. The topological polar surface area (TPSA) is 93.5 Å². The minimum Gasteiger partial charge on any atom is -0.494 e. The fourth-order valence-corrected chi connectivity index (χ4v) is 3.36. The average Bonchev–Trinajstić information content (AvgIpc) is 3.30. The van der Waals surface area contributed by atoms with Crippen molar-refractivity contribution in [3.8, 4) is 28.5 Å². The maximum atomic E-state index is 13.0. The van der Waals surface area contributed by atoms with Gasteiger partial charge in [0.05, 0.1) is 18.4 Å². The molecule has 2 amide bonds. The van der Waals surface area contributed by atoms with Gasteiger partial charge in [0, 0.05) is 29.4 Å². The molecule has 0 saturated heterocycles. The lowest BCUT2D eigenvalue weighted by Crippen LogP contribution is -2.13. The monoisotopic (exact) mass is 441 g/mol. The van der Waals surface area contributed by atoms with Gasteiger partial charge < -0.3 is 19.8 Å². The number of oxazole rings is 1. The second kappa shape index (κ2) is 9.82. The first-order valence-corrected chi connectivity index (χ1v) is 10.5. The van der Waals surface area contributed by atoms with Gasteiger partial charge in [-0.15, -0.1) is 0 Å². The minimum absolute atomic E-state index is 0.184. The van der Waals surface area contributed by atoms with Crippen molar-refractivity contribution in [2.24, 2.45) is 0 Å². The van der Waals surface area contributed by atoms with Crippen molar-refractivity contribution in [3.63, 3.8) is 0 Å². The van der Waals surface area contributed by atoms with Crippen LogP contribution < -0.4 is 15.4 Å². The highest BCUT2D eigenvalue weighted by Crippen LogP contribution is 2.29. The van der Waals surface area contributed by atoms with Gasteiger partial charge >= 0.3 is 0 Å². The third-order valence-corrected chi connectivity index (χ3v) is 4.80. The second-order valence-corrected chi connectivity index (χ2v) is 7.25. The molecule has 7 nitrogen and oxygen atoms in total. The van der Waals surface area contributed by atoms with E-state index in [0.29, 0.717) is 40.8 Å². The number of benzene rings is 3. The van der Waals surface area contributed by atoms with E-state index in [4.69, 9.17) is 9.15 Å². The van der Waals surface area contributed by atoms with Crippen LogP contribution in [0.15, 0.2) is 83.4 Å². The highest BCUT2D eigenvalue weighted by Gasteiger charge is 2.17. The molecular weight excluding hydrogens is 418 g/mol. The quantitative estimate of drug-likeness (QED) is 0.388. The van der Waals surface area contributed by atoms with Crippen molar-refractivity contribution in [2.45, 2.75) is 13.8 Å². The summed E-state index contributed by atoms with van der Waals surface area (Å²) in [5.74, 6) is 1.22. The standard InChI is InChI=1S/C26H23N3O4/c1-3-32-21-13-11-18(12-14-21)24-16-27-26(33-24)23-10-5-4-9-22(23)25(31)29-20-8-6-7-19(15-20)28-17(2)30/h4-16H,3H2,1-2H3,(H,28,30)(H,29,31). The number of carbonyl (C=O) groups excluding carboxylic acids is 2. The van der Waals surface area contributed by atoms with E-state index in [1.165, 1.54) is 6.92 Å². The van der Waals surface area contributed by atoms with E-state index in [2.05, 4.69) is 15.6 Å². The van der Waals surface area contributed by atoms with Crippen LogP contribution in [0.2, 0.25) is 0 Å². The van der Waals surface area contributed by atoms with Crippen LogP contribution in [0.1, 0.15) is 24.2 Å². The molecule has 3 aromatic carbocycles. The van der Waals surface area contributed by atoms with E-state index in [0.717, 1.165) is 11.3 Å². The third-order valence-electron chi connectivity index (χ3n) is 4.80. The molecule has 0 radical (unpaired) electrons. The molecule has 0 bridgehead atoms. The molecule has 4 aromatic rings. The van der Waals surface area contributed by atoms with Crippen molar-refractivity contribution >= 4 is 23.2 Å². The lowest BCUT2D eigenvalue weighted by Gasteiger charge is -2.10. The number of nitrogens with zero attached hydrogens (tertiary/aromatic N) is 1.